The highest BCUT2D eigenvalue weighted by Crippen LogP contribution is 2.21. The Labute approximate surface area is 172 Å². The molecule has 0 amide bonds. The summed E-state index contributed by atoms with van der Waals surface area (Å²) in [5.74, 6) is 0.203. The van der Waals surface area contributed by atoms with Gasteiger partial charge in [0.15, 0.2) is 27.4 Å². The first-order valence-corrected chi connectivity index (χ1v) is 9.70. The number of sulfone groups is 1. The second-order valence-corrected chi connectivity index (χ2v) is 9.55. The Morgan fingerprint density at radius 2 is 1.96 bits per heavy atom. The molecule has 1 aromatic rings. The van der Waals surface area contributed by atoms with Gasteiger partial charge in [-0.25, -0.2) is 12.8 Å². The van der Waals surface area contributed by atoms with Crippen molar-refractivity contribution in [3.63, 3.8) is 0 Å². The molecule has 0 aromatic heterocycles. The average Bonchev–Trinajstić information content (AvgIpc) is 2.52. The van der Waals surface area contributed by atoms with Crippen LogP contribution >= 0.6 is 24.0 Å². The molecule has 2 N–H and O–H groups in total. The Hall–Kier alpha value is -1.10. The van der Waals surface area contributed by atoms with E-state index < -0.39 is 20.4 Å². The maximum absolute atomic E-state index is 13.8. The molecule has 0 spiro atoms. The minimum Gasteiger partial charge on any atom is -0.494 e. The van der Waals surface area contributed by atoms with Crippen molar-refractivity contribution in [2.45, 2.75) is 38.5 Å². The summed E-state index contributed by atoms with van der Waals surface area (Å²) in [6.07, 6.45) is 0. The number of methoxy groups -OCH3 is 1. The minimum absolute atomic E-state index is 0. The second-order valence-electron chi connectivity index (χ2n) is 6.69. The van der Waals surface area contributed by atoms with Gasteiger partial charge >= 0.3 is 0 Å². The third kappa shape index (κ3) is 6.90. The standard InChI is InChI=1S/C17H28FN3O3S.HI/c1-12(13-7-8-15(24-6)14(18)11-13)21-16(19-5)20-9-10-25(22,23)17(2,3)4;/h7-8,11-12H,9-10H2,1-6H3,(H2,19,20,21);1H. The van der Waals surface area contributed by atoms with Crippen molar-refractivity contribution in [2.75, 3.05) is 26.5 Å². The smallest absolute Gasteiger partial charge is 0.191 e. The highest BCUT2D eigenvalue weighted by molar-refractivity contribution is 14.0. The Kier molecular flexibility index (Phi) is 9.85. The van der Waals surface area contributed by atoms with Crippen LogP contribution in [0, 0.1) is 5.82 Å². The Balaban J connectivity index is 0.00000625. The predicted octanol–water partition coefficient (Wildman–Crippen LogP) is 2.89. The first-order chi connectivity index (χ1) is 11.5. The largest absolute Gasteiger partial charge is 0.494 e. The fourth-order valence-corrected chi connectivity index (χ4v) is 3.03. The van der Waals surface area contributed by atoms with Crippen molar-refractivity contribution >= 4 is 39.8 Å². The maximum Gasteiger partial charge on any atom is 0.191 e. The summed E-state index contributed by atoms with van der Waals surface area (Å²) in [6, 6.07) is 4.51. The van der Waals surface area contributed by atoms with Crippen molar-refractivity contribution < 1.29 is 17.5 Å². The highest BCUT2D eigenvalue weighted by atomic mass is 127. The number of hydrogen-bond acceptors (Lipinski definition) is 4. The van der Waals surface area contributed by atoms with Crippen molar-refractivity contribution in [1.29, 1.82) is 0 Å². The number of nitrogens with zero attached hydrogens (tertiary/aromatic N) is 1. The van der Waals surface area contributed by atoms with Gasteiger partial charge in [0.1, 0.15) is 0 Å². The molecule has 0 aliphatic heterocycles. The topological polar surface area (TPSA) is 79.8 Å². The molecule has 0 bridgehead atoms. The van der Waals surface area contributed by atoms with E-state index in [1.165, 1.54) is 13.2 Å². The van der Waals surface area contributed by atoms with E-state index in [1.54, 1.807) is 40.0 Å². The van der Waals surface area contributed by atoms with Gasteiger partial charge in [0.25, 0.3) is 0 Å². The van der Waals surface area contributed by atoms with E-state index in [4.69, 9.17) is 4.74 Å². The minimum atomic E-state index is -3.20. The Bertz CT molecular complexity index is 718. The van der Waals surface area contributed by atoms with E-state index >= 15 is 0 Å². The zero-order valence-electron chi connectivity index (χ0n) is 16.1. The molecule has 1 unspecified atom stereocenters. The first kappa shape index (κ1) is 24.9. The lowest BCUT2D eigenvalue weighted by Crippen LogP contribution is -2.42. The average molecular weight is 501 g/mol. The van der Waals surface area contributed by atoms with Crippen LogP contribution in [0.4, 0.5) is 4.39 Å². The van der Waals surface area contributed by atoms with Crippen LogP contribution in [0.15, 0.2) is 23.2 Å². The second kappa shape index (κ2) is 10.3. The van der Waals surface area contributed by atoms with Crippen LogP contribution in [-0.2, 0) is 9.84 Å². The van der Waals surface area contributed by atoms with E-state index in [0.717, 1.165) is 5.56 Å². The highest BCUT2D eigenvalue weighted by Gasteiger charge is 2.28. The van der Waals surface area contributed by atoms with Crippen molar-refractivity contribution in [2.24, 2.45) is 4.99 Å². The molecule has 9 heteroatoms. The number of hydrogen-bond donors (Lipinski definition) is 2. The number of nitrogens with one attached hydrogen (secondary N) is 2. The van der Waals surface area contributed by atoms with Gasteiger partial charge in [0.05, 0.1) is 23.7 Å². The third-order valence-corrected chi connectivity index (χ3v) is 6.46. The molecule has 150 valence electrons. The van der Waals surface area contributed by atoms with Crippen LogP contribution in [0.1, 0.15) is 39.3 Å². The molecule has 0 aliphatic carbocycles. The molecule has 0 aliphatic rings. The van der Waals surface area contributed by atoms with Gasteiger partial charge in [-0.3, -0.25) is 4.99 Å². The molecule has 0 radical (unpaired) electrons. The summed E-state index contributed by atoms with van der Waals surface area (Å²) in [7, 11) is -0.198. The summed E-state index contributed by atoms with van der Waals surface area (Å²) in [4.78, 5) is 4.07. The lowest BCUT2D eigenvalue weighted by Gasteiger charge is -2.21. The normalized spacial score (nSPS) is 13.6. The molecule has 0 saturated carbocycles. The third-order valence-electron chi connectivity index (χ3n) is 3.85. The zero-order valence-corrected chi connectivity index (χ0v) is 19.2. The zero-order chi connectivity index (χ0) is 19.3. The van der Waals surface area contributed by atoms with Gasteiger partial charge in [0.2, 0.25) is 0 Å². The van der Waals surface area contributed by atoms with Gasteiger partial charge < -0.3 is 15.4 Å². The monoisotopic (exact) mass is 501 g/mol. The summed E-state index contributed by atoms with van der Waals surface area (Å²) in [6.45, 7) is 7.13. The fraction of sp³-hybridized carbons (Fsp3) is 0.588. The number of benzene rings is 1. The summed E-state index contributed by atoms with van der Waals surface area (Å²) in [5.41, 5.74) is 0.726. The SMILES string of the molecule is CN=C(NCCS(=O)(=O)C(C)(C)C)NC(C)c1ccc(OC)c(F)c1.I. The van der Waals surface area contributed by atoms with E-state index in [0.29, 0.717) is 5.96 Å². The molecule has 0 fully saturated rings. The van der Waals surface area contributed by atoms with E-state index in [-0.39, 0.29) is 48.1 Å². The quantitative estimate of drug-likeness (QED) is 0.356. The predicted molar refractivity (Wildman–Crippen MR) is 115 cm³/mol. The van der Waals surface area contributed by atoms with Gasteiger partial charge in [-0.05, 0) is 45.4 Å². The molecule has 1 atom stereocenters. The molecule has 26 heavy (non-hydrogen) atoms. The first-order valence-electron chi connectivity index (χ1n) is 8.04. The van der Waals surface area contributed by atoms with E-state index in [2.05, 4.69) is 15.6 Å². The number of aliphatic imine (C=N–C) groups is 1. The van der Waals surface area contributed by atoms with Crippen LogP contribution in [-0.4, -0.2) is 45.6 Å². The van der Waals surface area contributed by atoms with Gasteiger partial charge in [-0.15, -0.1) is 24.0 Å². The van der Waals surface area contributed by atoms with Crippen molar-refractivity contribution in [3.8, 4) is 5.75 Å². The van der Waals surface area contributed by atoms with E-state index in [9.17, 15) is 12.8 Å². The lowest BCUT2D eigenvalue weighted by molar-refractivity contribution is 0.386. The van der Waals surface area contributed by atoms with Crippen LogP contribution in [0.2, 0.25) is 0 Å². The number of ether oxygens (including phenoxy) is 1. The molecular formula is C17H29FIN3O3S. The number of halogens is 2. The van der Waals surface area contributed by atoms with Crippen molar-refractivity contribution in [1.82, 2.24) is 10.6 Å². The molecule has 0 heterocycles. The summed E-state index contributed by atoms with van der Waals surface area (Å²) < 4.78 is 42.1. The van der Waals surface area contributed by atoms with Crippen LogP contribution < -0.4 is 15.4 Å². The fourth-order valence-electron chi connectivity index (χ4n) is 2.05. The van der Waals surface area contributed by atoms with Gasteiger partial charge in [-0.1, -0.05) is 6.07 Å². The summed E-state index contributed by atoms with van der Waals surface area (Å²) >= 11 is 0. The molecule has 0 saturated heterocycles. The van der Waals surface area contributed by atoms with Crippen LogP contribution in [0.25, 0.3) is 0 Å². The molecule has 6 nitrogen and oxygen atoms in total. The lowest BCUT2D eigenvalue weighted by atomic mass is 10.1. The van der Waals surface area contributed by atoms with Gasteiger partial charge in [-0.2, -0.15) is 0 Å². The van der Waals surface area contributed by atoms with E-state index in [1.807, 2.05) is 6.92 Å². The van der Waals surface area contributed by atoms with Crippen molar-refractivity contribution in [3.05, 3.63) is 29.6 Å². The molecular weight excluding hydrogens is 472 g/mol. The molecule has 1 aromatic carbocycles. The maximum atomic E-state index is 13.8. The molecule has 1 rings (SSSR count). The van der Waals surface area contributed by atoms with Crippen LogP contribution in [0.3, 0.4) is 0 Å². The number of guanidine groups is 1. The Morgan fingerprint density at radius 1 is 1.35 bits per heavy atom. The Morgan fingerprint density at radius 3 is 2.42 bits per heavy atom. The van der Waals surface area contributed by atoms with Gasteiger partial charge in [0, 0.05) is 13.6 Å². The number of rotatable bonds is 6. The summed E-state index contributed by atoms with van der Waals surface area (Å²) in [5, 5.41) is 6.09. The van der Waals surface area contributed by atoms with Crippen LogP contribution in [0.5, 0.6) is 5.75 Å².